The molecule has 3 heteroatoms. The molecular weight excluding hydrogens is 150 g/mol. The van der Waals surface area contributed by atoms with Gasteiger partial charge in [0, 0.05) is 6.20 Å². The van der Waals surface area contributed by atoms with Gasteiger partial charge in [0.2, 0.25) is 0 Å². The smallest absolute Gasteiger partial charge is 0.0992 e. The molecule has 0 saturated carbocycles. The molecule has 0 aromatic carbocycles. The molecule has 2 aromatic rings. The summed E-state index contributed by atoms with van der Waals surface area (Å²) in [4.78, 5) is 4.03. The minimum Gasteiger partial charge on any atom is -0.330 e. The first-order chi connectivity index (χ1) is 5.90. The van der Waals surface area contributed by atoms with Crippen LogP contribution in [-0.4, -0.2) is 15.9 Å². The fourth-order valence-corrected chi connectivity index (χ4v) is 1.28. The summed E-state index contributed by atoms with van der Waals surface area (Å²) in [6, 6.07) is 4.14. The topological polar surface area (TPSA) is 43.3 Å². The molecule has 0 bridgehead atoms. The highest BCUT2D eigenvalue weighted by Gasteiger charge is 1.94. The normalized spacial score (nSPS) is 10.8. The third-order valence-corrected chi connectivity index (χ3v) is 1.90. The predicted octanol–water partition coefficient (Wildman–Crippen LogP) is 0.835. The van der Waals surface area contributed by atoms with Crippen LogP contribution in [0.15, 0.2) is 30.9 Å². The number of nitrogens with two attached hydrogens (primary N) is 1. The van der Waals surface area contributed by atoms with Gasteiger partial charge in [0.05, 0.1) is 18.0 Å². The van der Waals surface area contributed by atoms with E-state index in [1.54, 1.807) is 6.33 Å². The SMILES string of the molecule is NCCc1ccc2cncn2c1. The Morgan fingerprint density at radius 3 is 3.17 bits per heavy atom. The predicted molar refractivity (Wildman–Crippen MR) is 48.0 cm³/mol. The highest BCUT2D eigenvalue weighted by Crippen LogP contribution is 2.05. The molecule has 0 spiro atoms. The second-order valence-electron chi connectivity index (χ2n) is 2.80. The molecule has 12 heavy (non-hydrogen) atoms. The first-order valence-corrected chi connectivity index (χ1v) is 4.01. The van der Waals surface area contributed by atoms with E-state index in [0.717, 1.165) is 11.9 Å². The van der Waals surface area contributed by atoms with E-state index in [4.69, 9.17) is 5.73 Å². The summed E-state index contributed by atoms with van der Waals surface area (Å²) in [6.07, 6.45) is 6.63. The summed E-state index contributed by atoms with van der Waals surface area (Å²) >= 11 is 0. The van der Waals surface area contributed by atoms with Crippen LogP contribution in [0, 0.1) is 0 Å². The number of pyridine rings is 1. The molecule has 0 aliphatic heterocycles. The summed E-state index contributed by atoms with van der Waals surface area (Å²) in [7, 11) is 0. The summed E-state index contributed by atoms with van der Waals surface area (Å²) in [5.41, 5.74) is 7.83. The molecule has 0 radical (unpaired) electrons. The van der Waals surface area contributed by atoms with Crippen LogP contribution in [0.4, 0.5) is 0 Å². The van der Waals surface area contributed by atoms with Gasteiger partial charge >= 0.3 is 0 Å². The van der Waals surface area contributed by atoms with E-state index < -0.39 is 0 Å². The van der Waals surface area contributed by atoms with E-state index in [9.17, 15) is 0 Å². The monoisotopic (exact) mass is 161 g/mol. The molecule has 3 nitrogen and oxygen atoms in total. The molecule has 0 unspecified atom stereocenters. The Morgan fingerprint density at radius 2 is 2.33 bits per heavy atom. The van der Waals surface area contributed by atoms with E-state index in [2.05, 4.69) is 23.3 Å². The molecule has 0 aliphatic rings. The fraction of sp³-hybridized carbons (Fsp3) is 0.222. The van der Waals surface area contributed by atoms with Crippen molar-refractivity contribution in [1.29, 1.82) is 0 Å². The van der Waals surface area contributed by atoms with Gasteiger partial charge in [-0.05, 0) is 24.6 Å². The van der Waals surface area contributed by atoms with Gasteiger partial charge in [-0.3, -0.25) is 0 Å². The minimum absolute atomic E-state index is 0.695. The molecule has 62 valence electrons. The second kappa shape index (κ2) is 2.95. The first-order valence-electron chi connectivity index (χ1n) is 4.01. The standard InChI is InChI=1S/C9H11N3/c10-4-3-8-1-2-9-5-11-7-12(9)6-8/h1-2,5-7H,3-4,10H2. The maximum atomic E-state index is 5.46. The van der Waals surface area contributed by atoms with Gasteiger partial charge in [0.25, 0.3) is 0 Å². The molecule has 2 rings (SSSR count). The summed E-state index contributed by atoms with van der Waals surface area (Å²) in [5.74, 6) is 0. The lowest BCUT2D eigenvalue weighted by Gasteiger charge is -1.99. The van der Waals surface area contributed by atoms with Gasteiger partial charge in [-0.25, -0.2) is 4.98 Å². The zero-order chi connectivity index (χ0) is 8.39. The fourth-order valence-electron chi connectivity index (χ4n) is 1.28. The average molecular weight is 161 g/mol. The maximum absolute atomic E-state index is 5.46. The van der Waals surface area contributed by atoms with Crippen LogP contribution in [-0.2, 0) is 6.42 Å². The molecule has 2 aromatic heterocycles. The Kier molecular flexibility index (Phi) is 1.80. The van der Waals surface area contributed by atoms with E-state index in [1.807, 2.05) is 10.6 Å². The zero-order valence-corrected chi connectivity index (χ0v) is 6.77. The van der Waals surface area contributed by atoms with Crippen molar-refractivity contribution in [3.63, 3.8) is 0 Å². The van der Waals surface area contributed by atoms with Gasteiger partial charge in [0.15, 0.2) is 0 Å². The Labute approximate surface area is 70.8 Å². The number of fused-ring (bicyclic) bond motifs is 1. The van der Waals surface area contributed by atoms with E-state index >= 15 is 0 Å². The number of rotatable bonds is 2. The lowest BCUT2D eigenvalue weighted by molar-refractivity contribution is 0.951. The number of aromatic nitrogens is 2. The van der Waals surface area contributed by atoms with Crippen LogP contribution in [0.5, 0.6) is 0 Å². The third kappa shape index (κ3) is 1.19. The number of hydrogen-bond acceptors (Lipinski definition) is 2. The van der Waals surface area contributed by atoms with Gasteiger partial charge in [-0.15, -0.1) is 0 Å². The van der Waals surface area contributed by atoms with Crippen molar-refractivity contribution >= 4 is 5.52 Å². The summed E-state index contributed by atoms with van der Waals surface area (Å²) in [5, 5.41) is 0. The van der Waals surface area contributed by atoms with Crippen LogP contribution < -0.4 is 5.73 Å². The quantitative estimate of drug-likeness (QED) is 0.709. The van der Waals surface area contributed by atoms with Gasteiger partial charge in [0.1, 0.15) is 0 Å². The Hall–Kier alpha value is -1.35. The molecule has 2 heterocycles. The number of imidazole rings is 1. The van der Waals surface area contributed by atoms with E-state index in [-0.39, 0.29) is 0 Å². The largest absolute Gasteiger partial charge is 0.330 e. The third-order valence-electron chi connectivity index (χ3n) is 1.90. The van der Waals surface area contributed by atoms with Crippen LogP contribution in [0.1, 0.15) is 5.56 Å². The Bertz CT molecular complexity index is 378. The molecule has 0 amide bonds. The van der Waals surface area contributed by atoms with Crippen molar-refractivity contribution < 1.29 is 0 Å². The zero-order valence-electron chi connectivity index (χ0n) is 6.77. The maximum Gasteiger partial charge on any atom is 0.0992 e. The molecule has 0 aliphatic carbocycles. The van der Waals surface area contributed by atoms with Crippen molar-refractivity contribution in [2.75, 3.05) is 6.54 Å². The number of hydrogen-bond donors (Lipinski definition) is 1. The Morgan fingerprint density at radius 1 is 1.42 bits per heavy atom. The van der Waals surface area contributed by atoms with Gasteiger partial charge in [-0.1, -0.05) is 6.07 Å². The van der Waals surface area contributed by atoms with Crippen LogP contribution >= 0.6 is 0 Å². The van der Waals surface area contributed by atoms with Crippen molar-refractivity contribution in [2.24, 2.45) is 5.73 Å². The van der Waals surface area contributed by atoms with E-state index in [0.29, 0.717) is 6.54 Å². The van der Waals surface area contributed by atoms with Gasteiger partial charge < -0.3 is 10.1 Å². The van der Waals surface area contributed by atoms with Gasteiger partial charge in [-0.2, -0.15) is 0 Å². The number of nitrogens with zero attached hydrogens (tertiary/aromatic N) is 2. The Balaban J connectivity index is 2.46. The second-order valence-corrected chi connectivity index (χ2v) is 2.80. The van der Waals surface area contributed by atoms with Crippen molar-refractivity contribution in [2.45, 2.75) is 6.42 Å². The first kappa shape index (κ1) is 7.31. The molecular formula is C9H11N3. The molecule has 0 fully saturated rings. The molecule has 2 N–H and O–H groups in total. The van der Waals surface area contributed by atoms with Crippen molar-refractivity contribution in [3.8, 4) is 0 Å². The van der Waals surface area contributed by atoms with E-state index in [1.165, 1.54) is 5.56 Å². The van der Waals surface area contributed by atoms with Crippen molar-refractivity contribution in [3.05, 3.63) is 36.4 Å². The lowest BCUT2D eigenvalue weighted by atomic mass is 10.2. The summed E-state index contributed by atoms with van der Waals surface area (Å²) in [6.45, 7) is 0.695. The van der Waals surface area contributed by atoms with Crippen molar-refractivity contribution in [1.82, 2.24) is 9.38 Å². The van der Waals surface area contributed by atoms with Crippen LogP contribution in [0.3, 0.4) is 0 Å². The average Bonchev–Trinajstić information content (AvgIpc) is 2.51. The minimum atomic E-state index is 0.695. The lowest BCUT2D eigenvalue weighted by Crippen LogP contribution is -2.03. The van der Waals surface area contributed by atoms with Crippen LogP contribution in [0.2, 0.25) is 0 Å². The molecule has 0 atom stereocenters. The molecule has 0 saturated heterocycles. The summed E-state index contributed by atoms with van der Waals surface area (Å²) < 4.78 is 2.00. The highest BCUT2D eigenvalue weighted by atomic mass is 15.0. The van der Waals surface area contributed by atoms with Crippen LogP contribution in [0.25, 0.3) is 5.52 Å². The highest BCUT2D eigenvalue weighted by molar-refractivity contribution is 5.45.